The van der Waals surface area contributed by atoms with Crippen LogP contribution in [0.4, 0.5) is 0 Å². The molecule has 1 aliphatic rings. The Morgan fingerprint density at radius 1 is 1.19 bits per heavy atom. The molecule has 86 valence electrons. The molecule has 1 aliphatic heterocycles. The van der Waals surface area contributed by atoms with Gasteiger partial charge in [0.25, 0.3) is 0 Å². The Hall–Kier alpha value is -1.31. The van der Waals surface area contributed by atoms with Crippen LogP contribution in [0.1, 0.15) is 50.8 Å². The lowest BCUT2D eigenvalue weighted by Gasteiger charge is -2.20. The van der Waals surface area contributed by atoms with Crippen LogP contribution in [0.5, 0.6) is 0 Å². The molecule has 16 heavy (non-hydrogen) atoms. The number of nitrogens with one attached hydrogen (secondary N) is 1. The SMILES string of the molecule is CC(C)(C)c1ccc([C@@H]2CCC(=O)N2)cc1. The minimum atomic E-state index is 0.171. The number of hydrogen-bond donors (Lipinski definition) is 1. The molecule has 0 saturated carbocycles. The molecule has 1 aromatic carbocycles. The zero-order valence-corrected chi connectivity index (χ0v) is 10.2. The van der Waals surface area contributed by atoms with Crippen molar-refractivity contribution in [1.82, 2.24) is 5.32 Å². The summed E-state index contributed by atoms with van der Waals surface area (Å²) in [4.78, 5) is 11.1. The summed E-state index contributed by atoms with van der Waals surface area (Å²) < 4.78 is 0. The first-order valence-electron chi connectivity index (χ1n) is 5.86. The average Bonchev–Trinajstić information content (AvgIpc) is 2.64. The smallest absolute Gasteiger partial charge is 0.220 e. The second-order valence-corrected chi connectivity index (χ2v) is 5.53. The Morgan fingerprint density at radius 3 is 2.25 bits per heavy atom. The van der Waals surface area contributed by atoms with Crippen molar-refractivity contribution in [1.29, 1.82) is 0 Å². The van der Waals surface area contributed by atoms with Gasteiger partial charge in [-0.15, -0.1) is 0 Å². The van der Waals surface area contributed by atoms with Gasteiger partial charge in [0.05, 0.1) is 6.04 Å². The quantitative estimate of drug-likeness (QED) is 0.770. The molecule has 1 amide bonds. The van der Waals surface area contributed by atoms with Crippen molar-refractivity contribution >= 4 is 5.91 Å². The molecule has 0 radical (unpaired) electrons. The van der Waals surface area contributed by atoms with Gasteiger partial charge < -0.3 is 5.32 Å². The Morgan fingerprint density at radius 2 is 1.81 bits per heavy atom. The fraction of sp³-hybridized carbons (Fsp3) is 0.500. The Kier molecular flexibility index (Phi) is 2.75. The van der Waals surface area contributed by atoms with Gasteiger partial charge in [0.1, 0.15) is 0 Å². The number of carbonyl (C=O) groups is 1. The van der Waals surface area contributed by atoms with Gasteiger partial charge in [-0.25, -0.2) is 0 Å². The predicted molar refractivity (Wildman–Crippen MR) is 65.3 cm³/mol. The Labute approximate surface area is 97.1 Å². The summed E-state index contributed by atoms with van der Waals surface area (Å²) in [5.41, 5.74) is 2.75. The van der Waals surface area contributed by atoms with E-state index >= 15 is 0 Å². The van der Waals surface area contributed by atoms with Gasteiger partial charge in [-0.3, -0.25) is 4.79 Å². The van der Waals surface area contributed by atoms with Crippen molar-refractivity contribution in [2.24, 2.45) is 0 Å². The van der Waals surface area contributed by atoms with Gasteiger partial charge in [0.15, 0.2) is 0 Å². The van der Waals surface area contributed by atoms with E-state index < -0.39 is 0 Å². The molecule has 1 heterocycles. The summed E-state index contributed by atoms with van der Waals surface area (Å²) in [6.07, 6.45) is 1.58. The van der Waals surface area contributed by atoms with Crippen molar-refractivity contribution in [2.75, 3.05) is 0 Å². The summed E-state index contributed by atoms with van der Waals surface area (Å²) in [7, 11) is 0. The summed E-state index contributed by atoms with van der Waals surface area (Å²) in [6, 6.07) is 8.83. The van der Waals surface area contributed by atoms with E-state index in [4.69, 9.17) is 0 Å². The maximum Gasteiger partial charge on any atom is 0.220 e. The zero-order chi connectivity index (χ0) is 11.8. The first-order valence-corrected chi connectivity index (χ1v) is 5.86. The molecule has 0 aromatic heterocycles. The van der Waals surface area contributed by atoms with E-state index in [-0.39, 0.29) is 17.4 Å². The lowest BCUT2D eigenvalue weighted by molar-refractivity contribution is -0.119. The van der Waals surface area contributed by atoms with Crippen LogP contribution in [0.3, 0.4) is 0 Å². The van der Waals surface area contributed by atoms with E-state index in [0.29, 0.717) is 6.42 Å². The van der Waals surface area contributed by atoms with Crippen molar-refractivity contribution in [3.8, 4) is 0 Å². The fourth-order valence-electron chi connectivity index (χ4n) is 2.08. The highest BCUT2D eigenvalue weighted by Crippen LogP contribution is 2.27. The molecule has 0 spiro atoms. The van der Waals surface area contributed by atoms with Crippen LogP contribution >= 0.6 is 0 Å². The molecule has 1 fully saturated rings. The lowest BCUT2D eigenvalue weighted by atomic mass is 9.86. The highest BCUT2D eigenvalue weighted by molar-refractivity contribution is 5.78. The minimum Gasteiger partial charge on any atom is -0.349 e. The number of carbonyl (C=O) groups excluding carboxylic acids is 1. The van der Waals surface area contributed by atoms with Crippen molar-refractivity contribution < 1.29 is 4.79 Å². The maximum absolute atomic E-state index is 11.1. The largest absolute Gasteiger partial charge is 0.349 e. The van der Waals surface area contributed by atoms with E-state index in [0.717, 1.165) is 6.42 Å². The lowest BCUT2D eigenvalue weighted by Crippen LogP contribution is -2.18. The fourth-order valence-corrected chi connectivity index (χ4v) is 2.08. The summed E-state index contributed by atoms with van der Waals surface area (Å²) in [6.45, 7) is 6.62. The molecule has 2 heteroatoms. The third-order valence-electron chi connectivity index (χ3n) is 3.17. The molecule has 0 aliphatic carbocycles. The Bertz CT molecular complexity index is 386. The van der Waals surface area contributed by atoms with Crippen molar-refractivity contribution in [2.45, 2.75) is 45.1 Å². The van der Waals surface area contributed by atoms with Crippen LogP contribution < -0.4 is 5.32 Å². The average molecular weight is 217 g/mol. The number of amides is 1. The van der Waals surface area contributed by atoms with Crippen molar-refractivity contribution in [3.05, 3.63) is 35.4 Å². The summed E-state index contributed by atoms with van der Waals surface area (Å²) >= 11 is 0. The third-order valence-corrected chi connectivity index (χ3v) is 3.17. The van der Waals surface area contributed by atoms with Gasteiger partial charge >= 0.3 is 0 Å². The minimum absolute atomic E-state index is 0.171. The third kappa shape index (κ3) is 2.26. The van der Waals surface area contributed by atoms with E-state index in [9.17, 15) is 4.79 Å². The van der Waals surface area contributed by atoms with E-state index in [1.165, 1.54) is 11.1 Å². The van der Waals surface area contributed by atoms with Crippen LogP contribution in [-0.2, 0) is 10.2 Å². The second kappa shape index (κ2) is 3.93. The predicted octanol–water partition coefficient (Wildman–Crippen LogP) is 2.94. The molecule has 1 N–H and O–H groups in total. The van der Waals surface area contributed by atoms with Crippen LogP contribution in [0.2, 0.25) is 0 Å². The molecular weight excluding hydrogens is 198 g/mol. The van der Waals surface area contributed by atoms with Crippen molar-refractivity contribution in [3.63, 3.8) is 0 Å². The molecule has 1 saturated heterocycles. The number of rotatable bonds is 1. The molecule has 2 rings (SSSR count). The monoisotopic (exact) mass is 217 g/mol. The maximum atomic E-state index is 11.1. The molecule has 1 aromatic rings. The van der Waals surface area contributed by atoms with Gasteiger partial charge in [-0.1, -0.05) is 45.0 Å². The van der Waals surface area contributed by atoms with Gasteiger partial charge in [-0.05, 0) is 23.0 Å². The summed E-state index contributed by atoms with van der Waals surface area (Å²) in [5, 5.41) is 2.99. The molecule has 0 unspecified atom stereocenters. The standard InChI is InChI=1S/C14H19NO/c1-14(2,3)11-6-4-10(5-7-11)12-8-9-13(16)15-12/h4-7,12H,8-9H2,1-3H3,(H,15,16)/t12-/m0/s1. The van der Waals surface area contributed by atoms with Crippen LogP contribution in [0.25, 0.3) is 0 Å². The molecular formula is C14H19NO. The Balaban J connectivity index is 2.17. The molecule has 1 atom stereocenters. The first-order chi connectivity index (χ1) is 7.47. The number of hydrogen-bond acceptors (Lipinski definition) is 1. The highest BCUT2D eigenvalue weighted by atomic mass is 16.1. The van der Waals surface area contributed by atoms with Gasteiger partial charge in [0, 0.05) is 6.42 Å². The van der Waals surface area contributed by atoms with E-state index in [2.05, 4.69) is 50.4 Å². The second-order valence-electron chi connectivity index (χ2n) is 5.53. The highest BCUT2D eigenvalue weighted by Gasteiger charge is 2.22. The van der Waals surface area contributed by atoms with Crippen LogP contribution in [0, 0.1) is 0 Å². The number of benzene rings is 1. The first kappa shape index (κ1) is 11.2. The van der Waals surface area contributed by atoms with Crippen LogP contribution in [0.15, 0.2) is 24.3 Å². The van der Waals surface area contributed by atoms with E-state index in [1.807, 2.05) is 0 Å². The van der Waals surface area contributed by atoms with Gasteiger partial charge in [0.2, 0.25) is 5.91 Å². The van der Waals surface area contributed by atoms with Crippen LogP contribution in [-0.4, -0.2) is 5.91 Å². The van der Waals surface area contributed by atoms with E-state index in [1.54, 1.807) is 0 Å². The summed E-state index contributed by atoms with van der Waals surface area (Å²) in [5.74, 6) is 0.171. The normalized spacial score (nSPS) is 20.9. The van der Waals surface area contributed by atoms with Gasteiger partial charge in [-0.2, -0.15) is 0 Å². The molecule has 2 nitrogen and oxygen atoms in total. The molecule has 0 bridgehead atoms. The topological polar surface area (TPSA) is 29.1 Å². The zero-order valence-electron chi connectivity index (χ0n) is 10.2.